The van der Waals surface area contributed by atoms with E-state index in [2.05, 4.69) is 30.6 Å². The monoisotopic (exact) mass is 272 g/mol. The molecule has 0 aromatic carbocycles. The fourth-order valence-corrected chi connectivity index (χ4v) is 1.01. The van der Waals surface area contributed by atoms with Crippen molar-refractivity contribution in [2.75, 3.05) is 0 Å². The number of halogens is 4. The van der Waals surface area contributed by atoms with Crippen molar-refractivity contribution < 1.29 is 17.7 Å². The second-order valence-electron chi connectivity index (χ2n) is 2.72. The van der Waals surface area contributed by atoms with Crippen molar-refractivity contribution in [2.24, 2.45) is 0 Å². The zero-order valence-corrected chi connectivity index (χ0v) is 8.89. The second-order valence-corrected chi connectivity index (χ2v) is 3.82. The molecule has 1 aromatic heterocycles. The molecule has 0 aliphatic rings. The third kappa shape index (κ3) is 3.28. The Labute approximate surface area is 86.8 Å². The van der Waals surface area contributed by atoms with Crippen molar-refractivity contribution in [3.63, 3.8) is 0 Å². The molecular weight excluding hydrogens is 265 g/mol. The minimum absolute atomic E-state index is 0.183. The summed E-state index contributed by atoms with van der Waals surface area (Å²) in [5.41, 5.74) is 0. The number of hydrogen-bond donors (Lipinski definition) is 0. The highest BCUT2D eigenvalue weighted by atomic mass is 79.9. The zero-order valence-electron chi connectivity index (χ0n) is 7.31. The van der Waals surface area contributed by atoms with Crippen molar-refractivity contribution in [1.82, 2.24) is 10.1 Å². The molecule has 1 atom stereocenters. The van der Waals surface area contributed by atoms with Gasteiger partial charge in [-0.1, -0.05) is 28.0 Å². The summed E-state index contributed by atoms with van der Waals surface area (Å²) < 4.78 is 40.4. The van der Waals surface area contributed by atoms with Gasteiger partial charge >= 0.3 is 6.18 Å². The topological polar surface area (TPSA) is 38.9 Å². The van der Waals surface area contributed by atoms with Crippen LogP contribution in [0, 0.1) is 0 Å². The van der Waals surface area contributed by atoms with Gasteiger partial charge in [-0.2, -0.15) is 18.2 Å². The zero-order chi connectivity index (χ0) is 10.8. The van der Waals surface area contributed by atoms with E-state index >= 15 is 0 Å². The fraction of sp³-hybridized carbons (Fsp3) is 0.714. The molecule has 0 N–H and O–H groups in total. The lowest BCUT2D eigenvalue weighted by Crippen LogP contribution is -2.12. The average molecular weight is 273 g/mol. The Morgan fingerprint density at radius 3 is 2.64 bits per heavy atom. The molecule has 0 spiro atoms. The van der Waals surface area contributed by atoms with Gasteiger partial charge in [-0.15, -0.1) is 0 Å². The molecule has 0 aliphatic carbocycles. The maximum Gasteiger partial charge on any atom is 0.396 e. The molecule has 14 heavy (non-hydrogen) atoms. The molecule has 0 fully saturated rings. The van der Waals surface area contributed by atoms with Crippen molar-refractivity contribution >= 4 is 15.9 Å². The lowest BCUT2D eigenvalue weighted by molar-refractivity contribution is -0.128. The number of aromatic nitrogens is 2. The van der Waals surface area contributed by atoms with Crippen LogP contribution in [0.25, 0.3) is 0 Å². The molecule has 0 aliphatic heterocycles. The van der Waals surface area contributed by atoms with E-state index in [0.29, 0.717) is 6.42 Å². The Kier molecular flexibility index (Phi) is 3.52. The molecule has 0 amide bonds. The summed E-state index contributed by atoms with van der Waals surface area (Å²) in [6.45, 7) is 1.85. The average Bonchev–Trinajstić information content (AvgIpc) is 2.48. The standard InChI is InChI=1S/C7H8BrF3N2O/c1-2-4(8)6-12-5(13-14-6)3-7(9,10)11/h4H,2-3H2,1H3. The van der Waals surface area contributed by atoms with Gasteiger partial charge in [0, 0.05) is 0 Å². The summed E-state index contributed by atoms with van der Waals surface area (Å²) in [4.78, 5) is 3.44. The first-order valence-corrected chi connectivity index (χ1v) is 4.87. The van der Waals surface area contributed by atoms with Gasteiger partial charge in [0.1, 0.15) is 6.42 Å². The van der Waals surface area contributed by atoms with Gasteiger partial charge in [0.15, 0.2) is 5.82 Å². The normalized spacial score (nSPS) is 14.4. The molecule has 1 heterocycles. The van der Waals surface area contributed by atoms with Crippen molar-refractivity contribution in [3.8, 4) is 0 Å². The molecule has 1 aromatic rings. The van der Waals surface area contributed by atoms with E-state index in [4.69, 9.17) is 0 Å². The van der Waals surface area contributed by atoms with Crippen LogP contribution >= 0.6 is 15.9 Å². The maximum atomic E-state index is 11.9. The van der Waals surface area contributed by atoms with E-state index in [9.17, 15) is 13.2 Å². The lowest BCUT2D eigenvalue weighted by Gasteiger charge is -2.00. The summed E-state index contributed by atoms with van der Waals surface area (Å²) in [5.74, 6) is -0.142. The molecule has 1 unspecified atom stereocenters. The van der Waals surface area contributed by atoms with Gasteiger partial charge < -0.3 is 4.52 Å². The van der Waals surface area contributed by atoms with Gasteiger partial charge in [0.2, 0.25) is 5.89 Å². The maximum absolute atomic E-state index is 11.9. The van der Waals surface area contributed by atoms with Crippen LogP contribution in [-0.2, 0) is 6.42 Å². The van der Waals surface area contributed by atoms with Crippen LogP contribution in [-0.4, -0.2) is 16.3 Å². The first kappa shape index (κ1) is 11.5. The van der Waals surface area contributed by atoms with E-state index in [-0.39, 0.29) is 16.5 Å². The van der Waals surface area contributed by atoms with Gasteiger partial charge in [-0.25, -0.2) is 0 Å². The van der Waals surface area contributed by atoms with Crippen LogP contribution in [0.4, 0.5) is 13.2 Å². The third-order valence-electron chi connectivity index (χ3n) is 1.47. The van der Waals surface area contributed by atoms with Crippen LogP contribution in [0.5, 0.6) is 0 Å². The highest BCUT2D eigenvalue weighted by Crippen LogP contribution is 2.25. The number of rotatable bonds is 3. The quantitative estimate of drug-likeness (QED) is 0.794. The van der Waals surface area contributed by atoms with Crippen LogP contribution in [0.3, 0.4) is 0 Å². The van der Waals surface area contributed by atoms with E-state index in [0.717, 1.165) is 0 Å². The SMILES string of the molecule is CCC(Br)c1nc(CC(F)(F)F)no1. The Hall–Kier alpha value is -0.590. The molecule has 80 valence electrons. The Bertz CT molecular complexity index is 299. The molecular formula is C7H8BrF3N2O. The lowest BCUT2D eigenvalue weighted by atomic mass is 10.3. The Morgan fingerprint density at radius 1 is 1.50 bits per heavy atom. The van der Waals surface area contributed by atoms with Crippen molar-refractivity contribution in [1.29, 1.82) is 0 Å². The minimum Gasteiger partial charge on any atom is -0.338 e. The van der Waals surface area contributed by atoms with E-state index in [1.165, 1.54) is 0 Å². The van der Waals surface area contributed by atoms with Gasteiger partial charge in [-0.05, 0) is 6.42 Å². The predicted octanol–water partition coefficient (Wildman–Crippen LogP) is 3.02. The molecule has 3 nitrogen and oxygen atoms in total. The summed E-state index contributed by atoms with van der Waals surface area (Å²) >= 11 is 3.20. The van der Waals surface area contributed by atoms with Gasteiger partial charge in [0.25, 0.3) is 0 Å². The number of alkyl halides is 4. The molecule has 0 saturated heterocycles. The second kappa shape index (κ2) is 4.29. The van der Waals surface area contributed by atoms with Crippen LogP contribution in [0.15, 0.2) is 4.52 Å². The van der Waals surface area contributed by atoms with Crippen molar-refractivity contribution in [2.45, 2.75) is 30.8 Å². The Balaban J connectivity index is 2.69. The third-order valence-corrected chi connectivity index (χ3v) is 2.51. The highest BCUT2D eigenvalue weighted by Gasteiger charge is 2.31. The summed E-state index contributed by atoms with van der Waals surface area (Å²) in [6.07, 6.45) is -4.78. The largest absolute Gasteiger partial charge is 0.396 e. The van der Waals surface area contributed by atoms with E-state index in [1.54, 1.807) is 0 Å². The summed E-state index contributed by atoms with van der Waals surface area (Å²) in [7, 11) is 0. The molecule has 1 rings (SSSR count). The Morgan fingerprint density at radius 2 is 2.14 bits per heavy atom. The van der Waals surface area contributed by atoms with Crippen LogP contribution < -0.4 is 0 Å². The molecule has 0 radical (unpaired) electrons. The minimum atomic E-state index is -4.30. The summed E-state index contributed by atoms with van der Waals surface area (Å²) in [5, 5.41) is 3.23. The molecule has 0 bridgehead atoms. The van der Waals surface area contributed by atoms with Crippen molar-refractivity contribution in [3.05, 3.63) is 11.7 Å². The first-order chi connectivity index (χ1) is 6.42. The highest BCUT2D eigenvalue weighted by molar-refractivity contribution is 9.09. The summed E-state index contributed by atoms with van der Waals surface area (Å²) in [6, 6.07) is 0. The van der Waals surface area contributed by atoms with Crippen LogP contribution in [0.1, 0.15) is 29.9 Å². The van der Waals surface area contributed by atoms with E-state index in [1.807, 2.05) is 6.92 Å². The van der Waals surface area contributed by atoms with Gasteiger partial charge in [-0.3, -0.25) is 0 Å². The molecule has 7 heteroatoms. The molecule has 0 saturated carbocycles. The van der Waals surface area contributed by atoms with Gasteiger partial charge in [0.05, 0.1) is 4.83 Å². The fourth-order valence-electron chi connectivity index (χ4n) is 0.820. The number of nitrogens with zero attached hydrogens (tertiary/aromatic N) is 2. The number of hydrogen-bond acceptors (Lipinski definition) is 3. The first-order valence-electron chi connectivity index (χ1n) is 3.95. The van der Waals surface area contributed by atoms with Crippen LogP contribution in [0.2, 0.25) is 0 Å². The smallest absolute Gasteiger partial charge is 0.338 e. The van der Waals surface area contributed by atoms with E-state index < -0.39 is 12.6 Å². The predicted molar refractivity (Wildman–Crippen MR) is 46.0 cm³/mol.